The van der Waals surface area contributed by atoms with Gasteiger partial charge in [0.05, 0.1) is 30.4 Å². The summed E-state index contributed by atoms with van der Waals surface area (Å²) >= 11 is 3.22. The minimum atomic E-state index is -0.0387. The third-order valence-electron chi connectivity index (χ3n) is 3.71. The van der Waals surface area contributed by atoms with Gasteiger partial charge in [0.25, 0.3) is 0 Å². The van der Waals surface area contributed by atoms with Crippen molar-refractivity contribution in [2.24, 2.45) is 0 Å². The van der Waals surface area contributed by atoms with E-state index in [1.165, 1.54) is 0 Å². The zero-order valence-electron chi connectivity index (χ0n) is 12.6. The fourth-order valence-electron chi connectivity index (χ4n) is 2.52. The van der Waals surface area contributed by atoms with Crippen LogP contribution in [-0.2, 0) is 11.3 Å². The molecule has 1 saturated heterocycles. The number of nitrogens with one attached hydrogen (secondary N) is 1. The smallest absolute Gasteiger partial charge is 0.317 e. The van der Waals surface area contributed by atoms with Gasteiger partial charge in [-0.25, -0.2) is 9.78 Å². The van der Waals surface area contributed by atoms with Gasteiger partial charge in [0.2, 0.25) is 0 Å². The average Bonchev–Trinajstić information content (AvgIpc) is 3.15. The fraction of sp³-hybridized carbons (Fsp3) is 0.467. The predicted molar refractivity (Wildman–Crippen MR) is 88.3 cm³/mol. The van der Waals surface area contributed by atoms with E-state index in [1.54, 1.807) is 28.2 Å². The predicted octanol–water partition coefficient (Wildman–Crippen LogP) is 3.18. The summed E-state index contributed by atoms with van der Waals surface area (Å²) in [5.74, 6) is 0. The van der Waals surface area contributed by atoms with Crippen LogP contribution in [0, 0.1) is 6.92 Å². The van der Waals surface area contributed by atoms with E-state index in [9.17, 15) is 4.79 Å². The summed E-state index contributed by atoms with van der Waals surface area (Å²) in [6.45, 7) is 5.71. The van der Waals surface area contributed by atoms with Crippen LogP contribution >= 0.6 is 22.7 Å². The van der Waals surface area contributed by atoms with Crippen LogP contribution in [0.1, 0.15) is 29.2 Å². The Kier molecular flexibility index (Phi) is 4.75. The molecule has 1 aliphatic rings. The maximum absolute atomic E-state index is 12.4. The lowest BCUT2D eigenvalue weighted by Crippen LogP contribution is -2.49. The molecular weight excluding hydrogens is 318 g/mol. The number of morpholine rings is 1. The second-order valence-corrected chi connectivity index (χ2v) is 7.14. The molecule has 1 fully saturated rings. The molecule has 0 bridgehead atoms. The highest BCUT2D eigenvalue weighted by atomic mass is 32.1. The Hall–Kier alpha value is -1.44. The molecular formula is C15H19N3O2S2. The van der Waals surface area contributed by atoms with Gasteiger partial charge in [-0.2, -0.15) is 11.3 Å². The molecule has 0 unspecified atom stereocenters. The summed E-state index contributed by atoms with van der Waals surface area (Å²) in [7, 11) is 0. The fourth-order valence-corrected chi connectivity index (χ4v) is 3.94. The molecule has 2 aromatic heterocycles. The number of aromatic nitrogens is 1. The number of carbonyl (C=O) groups excluding carboxylic acids is 1. The first-order valence-electron chi connectivity index (χ1n) is 7.22. The minimum absolute atomic E-state index is 0.0362. The van der Waals surface area contributed by atoms with Crippen LogP contribution in [0.3, 0.4) is 0 Å². The van der Waals surface area contributed by atoms with Gasteiger partial charge in [0, 0.05) is 11.4 Å². The lowest BCUT2D eigenvalue weighted by Gasteiger charge is -2.36. The van der Waals surface area contributed by atoms with Gasteiger partial charge in [0.1, 0.15) is 6.10 Å². The zero-order chi connectivity index (χ0) is 15.5. The number of rotatable bonds is 3. The number of carbonyl (C=O) groups is 1. The Morgan fingerprint density at radius 2 is 2.41 bits per heavy atom. The summed E-state index contributed by atoms with van der Waals surface area (Å²) in [4.78, 5) is 19.6. The molecule has 0 spiro atoms. The molecule has 3 heterocycles. The van der Waals surface area contributed by atoms with E-state index >= 15 is 0 Å². The van der Waals surface area contributed by atoms with Crippen LogP contribution in [0.2, 0.25) is 0 Å². The molecule has 7 heteroatoms. The molecule has 1 aliphatic heterocycles. The Labute approximate surface area is 137 Å². The van der Waals surface area contributed by atoms with E-state index in [2.05, 4.69) is 21.7 Å². The van der Waals surface area contributed by atoms with E-state index in [-0.39, 0.29) is 18.2 Å². The number of hydrogen-bond donors (Lipinski definition) is 1. The minimum Gasteiger partial charge on any atom is -0.367 e. The van der Waals surface area contributed by atoms with Crippen molar-refractivity contribution in [3.63, 3.8) is 0 Å². The van der Waals surface area contributed by atoms with Gasteiger partial charge in [-0.05, 0) is 36.2 Å². The van der Waals surface area contributed by atoms with Crippen molar-refractivity contribution in [1.29, 1.82) is 0 Å². The van der Waals surface area contributed by atoms with E-state index in [4.69, 9.17) is 4.74 Å². The summed E-state index contributed by atoms with van der Waals surface area (Å²) < 4.78 is 5.96. The summed E-state index contributed by atoms with van der Waals surface area (Å²) in [5, 5.41) is 7.11. The van der Waals surface area contributed by atoms with Crippen molar-refractivity contribution in [2.45, 2.75) is 32.6 Å². The van der Waals surface area contributed by atoms with E-state index in [0.29, 0.717) is 19.6 Å². The molecule has 5 nitrogen and oxygen atoms in total. The first-order valence-corrected chi connectivity index (χ1v) is 9.05. The number of thiophene rings is 1. The number of amides is 2. The molecule has 0 saturated carbocycles. The highest BCUT2D eigenvalue weighted by Gasteiger charge is 2.29. The van der Waals surface area contributed by atoms with Crippen molar-refractivity contribution < 1.29 is 9.53 Å². The normalized spacial score (nSPS) is 21.8. The Morgan fingerprint density at radius 3 is 3.09 bits per heavy atom. The Balaban J connectivity index is 1.60. The van der Waals surface area contributed by atoms with E-state index in [1.807, 2.05) is 24.1 Å². The summed E-state index contributed by atoms with van der Waals surface area (Å²) in [6.07, 6.45) is 0.000399. The number of ether oxygens (including phenoxy) is 1. The molecule has 2 amide bonds. The first-order chi connectivity index (χ1) is 10.6. The lowest BCUT2D eigenvalue weighted by molar-refractivity contribution is -0.0655. The summed E-state index contributed by atoms with van der Waals surface area (Å²) in [5.41, 5.74) is 3.93. The van der Waals surface area contributed by atoms with E-state index in [0.717, 1.165) is 16.1 Å². The monoisotopic (exact) mass is 337 g/mol. The molecule has 0 radical (unpaired) electrons. The molecule has 2 atom stereocenters. The van der Waals surface area contributed by atoms with Gasteiger partial charge >= 0.3 is 6.03 Å². The maximum Gasteiger partial charge on any atom is 0.317 e. The highest BCUT2D eigenvalue weighted by Crippen LogP contribution is 2.26. The number of hydrogen-bond acceptors (Lipinski definition) is 5. The van der Waals surface area contributed by atoms with Gasteiger partial charge < -0.3 is 15.0 Å². The van der Waals surface area contributed by atoms with Crippen LogP contribution in [0.25, 0.3) is 0 Å². The third-order valence-corrected chi connectivity index (χ3v) is 5.34. The number of aryl methyl sites for hydroxylation is 1. The molecule has 118 valence electrons. The largest absolute Gasteiger partial charge is 0.367 e. The van der Waals surface area contributed by atoms with Crippen LogP contribution in [-0.4, -0.2) is 35.1 Å². The Bertz CT molecular complexity index is 627. The first kappa shape index (κ1) is 15.5. The van der Waals surface area contributed by atoms with Crippen molar-refractivity contribution >= 4 is 28.7 Å². The van der Waals surface area contributed by atoms with E-state index < -0.39 is 0 Å². The van der Waals surface area contributed by atoms with Gasteiger partial charge in [-0.1, -0.05) is 0 Å². The van der Waals surface area contributed by atoms with Gasteiger partial charge in [-0.15, -0.1) is 11.3 Å². The van der Waals surface area contributed by atoms with Crippen molar-refractivity contribution in [1.82, 2.24) is 15.2 Å². The quantitative estimate of drug-likeness (QED) is 0.936. The molecule has 1 N–H and O–H groups in total. The standard InChI is InChI=1S/C15H19N3O2S2/c1-10-6-18(7-13(20-10)12-3-4-21-8-12)15(19)16-5-14-11(2)17-9-22-14/h3-4,8-10,13H,5-7H2,1-2H3,(H,16,19)/t10-,13+/m1/s1. The lowest BCUT2D eigenvalue weighted by atomic mass is 10.1. The third kappa shape index (κ3) is 3.48. The van der Waals surface area contributed by atoms with Gasteiger partial charge in [0.15, 0.2) is 0 Å². The SMILES string of the molecule is Cc1ncsc1CNC(=O)N1C[C@@H](C)O[C@H](c2ccsc2)C1. The molecule has 0 aliphatic carbocycles. The van der Waals surface area contributed by atoms with Crippen LogP contribution < -0.4 is 5.32 Å². The van der Waals surface area contributed by atoms with Crippen LogP contribution in [0.15, 0.2) is 22.3 Å². The second kappa shape index (κ2) is 6.76. The van der Waals surface area contributed by atoms with Crippen molar-refractivity contribution in [3.8, 4) is 0 Å². The average molecular weight is 337 g/mol. The van der Waals surface area contributed by atoms with Crippen LogP contribution in [0.5, 0.6) is 0 Å². The highest BCUT2D eigenvalue weighted by molar-refractivity contribution is 7.09. The topological polar surface area (TPSA) is 54.5 Å². The van der Waals surface area contributed by atoms with Gasteiger partial charge in [-0.3, -0.25) is 0 Å². The second-order valence-electron chi connectivity index (χ2n) is 5.42. The van der Waals surface area contributed by atoms with Crippen LogP contribution in [0.4, 0.5) is 4.79 Å². The summed E-state index contributed by atoms with van der Waals surface area (Å²) in [6, 6.07) is 2.02. The number of nitrogens with zero attached hydrogens (tertiary/aromatic N) is 2. The molecule has 3 rings (SSSR count). The van der Waals surface area contributed by atoms with Crippen molar-refractivity contribution in [2.75, 3.05) is 13.1 Å². The number of urea groups is 1. The Morgan fingerprint density at radius 1 is 1.55 bits per heavy atom. The zero-order valence-corrected chi connectivity index (χ0v) is 14.2. The molecule has 22 heavy (non-hydrogen) atoms. The molecule has 0 aromatic carbocycles. The van der Waals surface area contributed by atoms with Crippen molar-refractivity contribution in [3.05, 3.63) is 38.5 Å². The number of thiazole rings is 1. The molecule has 2 aromatic rings. The maximum atomic E-state index is 12.4.